The van der Waals surface area contributed by atoms with Gasteiger partial charge in [0.25, 0.3) is 0 Å². The van der Waals surface area contributed by atoms with E-state index in [9.17, 15) is 14.7 Å². The predicted molar refractivity (Wildman–Crippen MR) is 141 cm³/mol. The van der Waals surface area contributed by atoms with Crippen molar-refractivity contribution in [3.63, 3.8) is 0 Å². The minimum atomic E-state index is -0.840. The molecule has 0 fully saturated rings. The van der Waals surface area contributed by atoms with Crippen molar-refractivity contribution in [3.8, 4) is 11.5 Å². The standard InChI is InChI=1S/C29H35N3O4/c1-29(2,3)32-28(35)26(31-27(34)25(30)17-20-9-13-23(33)14-10-20)18-21-11-15-24(16-12-21)36-19-22-7-5-4-6-8-22/h4-16,25-26,33H,17-19,30H2,1-3H3,(H,31,34)(H,32,35). The van der Waals surface area contributed by atoms with Crippen LogP contribution in [0.3, 0.4) is 0 Å². The number of aromatic hydroxyl groups is 1. The van der Waals surface area contributed by atoms with Crippen LogP contribution in [-0.2, 0) is 29.0 Å². The molecular weight excluding hydrogens is 454 g/mol. The molecule has 2 unspecified atom stereocenters. The van der Waals surface area contributed by atoms with E-state index in [0.29, 0.717) is 13.0 Å². The fraction of sp³-hybridized carbons (Fsp3) is 0.310. The molecule has 7 nitrogen and oxygen atoms in total. The summed E-state index contributed by atoms with van der Waals surface area (Å²) in [6.07, 6.45) is 0.589. The maximum atomic E-state index is 13.0. The maximum absolute atomic E-state index is 13.0. The van der Waals surface area contributed by atoms with Crippen molar-refractivity contribution in [2.45, 2.75) is 57.8 Å². The molecule has 0 saturated heterocycles. The second-order valence-corrected chi connectivity index (χ2v) is 9.90. The van der Waals surface area contributed by atoms with Crippen LogP contribution in [0.15, 0.2) is 78.9 Å². The summed E-state index contributed by atoms with van der Waals surface area (Å²) in [5.74, 6) is 0.169. The Labute approximate surface area is 212 Å². The molecule has 3 aromatic carbocycles. The van der Waals surface area contributed by atoms with Crippen LogP contribution in [0.2, 0.25) is 0 Å². The van der Waals surface area contributed by atoms with Gasteiger partial charge in [0.05, 0.1) is 6.04 Å². The second kappa shape index (κ2) is 12.2. The zero-order valence-corrected chi connectivity index (χ0v) is 21.0. The average Bonchev–Trinajstić information content (AvgIpc) is 2.84. The molecule has 2 amide bonds. The van der Waals surface area contributed by atoms with Crippen molar-refractivity contribution in [2.24, 2.45) is 5.73 Å². The molecule has 0 saturated carbocycles. The first-order valence-electron chi connectivity index (χ1n) is 12.0. The first-order valence-corrected chi connectivity index (χ1v) is 12.0. The van der Waals surface area contributed by atoms with E-state index in [2.05, 4.69) is 10.6 Å². The first kappa shape index (κ1) is 26.8. The highest BCUT2D eigenvalue weighted by Gasteiger charge is 2.27. The highest BCUT2D eigenvalue weighted by atomic mass is 16.5. The Balaban J connectivity index is 1.65. The number of rotatable bonds is 10. The zero-order chi connectivity index (χ0) is 26.1. The molecule has 5 N–H and O–H groups in total. The molecule has 2 atom stereocenters. The summed E-state index contributed by atoms with van der Waals surface area (Å²) in [5.41, 5.74) is 8.45. The third kappa shape index (κ3) is 8.74. The molecule has 0 bridgehead atoms. The number of ether oxygens (including phenoxy) is 1. The van der Waals surface area contributed by atoms with E-state index < -0.39 is 23.5 Å². The fourth-order valence-corrected chi connectivity index (χ4v) is 3.62. The molecule has 0 aliphatic carbocycles. The minimum Gasteiger partial charge on any atom is -0.508 e. The highest BCUT2D eigenvalue weighted by molar-refractivity contribution is 5.90. The molecule has 7 heteroatoms. The number of carbonyl (C=O) groups is 2. The van der Waals surface area contributed by atoms with Crippen molar-refractivity contribution >= 4 is 11.8 Å². The van der Waals surface area contributed by atoms with Crippen LogP contribution < -0.4 is 21.1 Å². The average molecular weight is 490 g/mol. The molecule has 0 aromatic heterocycles. The van der Waals surface area contributed by atoms with Crippen LogP contribution in [-0.4, -0.2) is 34.5 Å². The molecular formula is C29H35N3O4. The van der Waals surface area contributed by atoms with Crippen LogP contribution >= 0.6 is 0 Å². The van der Waals surface area contributed by atoms with Gasteiger partial charge in [0.2, 0.25) is 11.8 Å². The van der Waals surface area contributed by atoms with Crippen LogP contribution in [0.25, 0.3) is 0 Å². The third-order valence-electron chi connectivity index (χ3n) is 5.47. The van der Waals surface area contributed by atoms with E-state index in [4.69, 9.17) is 10.5 Å². The molecule has 0 heterocycles. The maximum Gasteiger partial charge on any atom is 0.243 e. The Morgan fingerprint density at radius 3 is 2.03 bits per heavy atom. The Hall–Kier alpha value is -3.84. The molecule has 0 spiro atoms. The Kier molecular flexibility index (Phi) is 9.08. The predicted octanol–water partition coefficient (Wildman–Crippen LogP) is 3.48. The summed E-state index contributed by atoms with van der Waals surface area (Å²) in [6.45, 7) is 6.13. The highest BCUT2D eigenvalue weighted by Crippen LogP contribution is 2.16. The minimum absolute atomic E-state index is 0.146. The Bertz CT molecular complexity index is 1120. The topological polar surface area (TPSA) is 114 Å². The third-order valence-corrected chi connectivity index (χ3v) is 5.47. The number of phenols is 1. The summed E-state index contributed by atoms with van der Waals surface area (Å²) >= 11 is 0. The van der Waals surface area contributed by atoms with Gasteiger partial charge in [-0.25, -0.2) is 0 Å². The molecule has 0 radical (unpaired) electrons. The lowest BCUT2D eigenvalue weighted by Gasteiger charge is -2.26. The number of amides is 2. The quantitative estimate of drug-likeness (QED) is 0.348. The lowest BCUT2D eigenvalue weighted by molar-refractivity contribution is -0.130. The molecule has 3 aromatic rings. The SMILES string of the molecule is CC(C)(C)NC(=O)C(Cc1ccc(OCc2ccccc2)cc1)NC(=O)C(N)Cc1ccc(O)cc1. The van der Waals surface area contributed by atoms with E-state index >= 15 is 0 Å². The number of hydrogen-bond acceptors (Lipinski definition) is 5. The smallest absolute Gasteiger partial charge is 0.243 e. The number of nitrogens with two attached hydrogens (primary N) is 1. The van der Waals surface area contributed by atoms with Crippen molar-refractivity contribution in [2.75, 3.05) is 0 Å². The number of hydrogen-bond donors (Lipinski definition) is 4. The summed E-state index contributed by atoms with van der Waals surface area (Å²) in [5, 5.41) is 15.2. The van der Waals surface area contributed by atoms with Gasteiger partial charge in [-0.1, -0.05) is 54.6 Å². The van der Waals surface area contributed by atoms with Crippen molar-refractivity contribution < 1.29 is 19.4 Å². The van der Waals surface area contributed by atoms with Crippen LogP contribution in [0.1, 0.15) is 37.5 Å². The molecule has 190 valence electrons. The molecule has 0 aliphatic heterocycles. The van der Waals surface area contributed by atoms with Gasteiger partial charge < -0.3 is 26.2 Å². The zero-order valence-electron chi connectivity index (χ0n) is 21.0. The summed E-state index contributed by atoms with van der Waals surface area (Å²) in [6, 6.07) is 22.3. The van der Waals surface area contributed by atoms with Gasteiger partial charge >= 0.3 is 0 Å². The van der Waals surface area contributed by atoms with Gasteiger partial charge in [-0.2, -0.15) is 0 Å². The number of phenolic OH excluding ortho intramolecular Hbond substituents is 1. The number of nitrogens with one attached hydrogen (secondary N) is 2. The van der Waals surface area contributed by atoms with Crippen molar-refractivity contribution in [1.82, 2.24) is 10.6 Å². The van der Waals surface area contributed by atoms with Crippen LogP contribution in [0, 0.1) is 0 Å². The number of carbonyl (C=O) groups excluding carboxylic acids is 2. The monoisotopic (exact) mass is 489 g/mol. The van der Waals surface area contributed by atoms with Crippen LogP contribution in [0.4, 0.5) is 0 Å². The Morgan fingerprint density at radius 1 is 0.833 bits per heavy atom. The van der Waals surface area contributed by atoms with Gasteiger partial charge in [0, 0.05) is 12.0 Å². The van der Waals surface area contributed by atoms with Gasteiger partial charge in [-0.05, 0) is 68.1 Å². The lowest BCUT2D eigenvalue weighted by atomic mass is 10.0. The van der Waals surface area contributed by atoms with Crippen molar-refractivity contribution in [1.29, 1.82) is 0 Å². The van der Waals surface area contributed by atoms with E-state index in [0.717, 1.165) is 22.4 Å². The largest absolute Gasteiger partial charge is 0.508 e. The van der Waals surface area contributed by atoms with Crippen molar-refractivity contribution in [3.05, 3.63) is 95.6 Å². The van der Waals surface area contributed by atoms with E-state index in [1.54, 1.807) is 24.3 Å². The molecule has 0 aliphatic rings. The summed E-state index contributed by atoms with van der Waals surface area (Å²) in [7, 11) is 0. The molecule has 3 rings (SSSR count). The van der Waals surface area contributed by atoms with E-state index in [1.165, 1.54) is 0 Å². The van der Waals surface area contributed by atoms with Gasteiger partial charge in [0.1, 0.15) is 24.1 Å². The number of benzene rings is 3. The van der Waals surface area contributed by atoms with Crippen LogP contribution in [0.5, 0.6) is 11.5 Å². The lowest BCUT2D eigenvalue weighted by Crippen LogP contribution is -2.56. The van der Waals surface area contributed by atoms with Gasteiger partial charge in [0.15, 0.2) is 0 Å². The first-order chi connectivity index (χ1) is 17.1. The second-order valence-electron chi connectivity index (χ2n) is 9.90. The fourth-order valence-electron chi connectivity index (χ4n) is 3.62. The summed E-state index contributed by atoms with van der Waals surface area (Å²) < 4.78 is 5.84. The summed E-state index contributed by atoms with van der Waals surface area (Å²) in [4.78, 5) is 25.9. The van der Waals surface area contributed by atoms with Gasteiger partial charge in [-0.3, -0.25) is 9.59 Å². The van der Waals surface area contributed by atoms with Gasteiger partial charge in [-0.15, -0.1) is 0 Å². The molecule has 36 heavy (non-hydrogen) atoms. The normalized spacial score (nSPS) is 12.9. The van der Waals surface area contributed by atoms with E-state index in [1.807, 2.05) is 75.4 Å². The Morgan fingerprint density at radius 2 is 1.42 bits per heavy atom. The van der Waals surface area contributed by atoms with E-state index in [-0.39, 0.29) is 18.1 Å².